The van der Waals surface area contributed by atoms with E-state index in [9.17, 15) is 9.59 Å². The van der Waals surface area contributed by atoms with Crippen LogP contribution in [0.15, 0.2) is 72.8 Å². The molecule has 2 aromatic carbocycles. The molecular weight excluding hydrogens is 392 g/mol. The number of carbonyl (C=O) groups is 2. The van der Waals surface area contributed by atoms with Crippen LogP contribution in [0.5, 0.6) is 0 Å². The molecule has 0 unspecified atom stereocenters. The molecule has 0 N–H and O–H groups in total. The third kappa shape index (κ3) is 13.0. The van der Waals surface area contributed by atoms with Crippen molar-refractivity contribution in [3.63, 3.8) is 0 Å². The highest BCUT2D eigenvalue weighted by molar-refractivity contribution is 5.91. The summed E-state index contributed by atoms with van der Waals surface area (Å²) < 4.78 is 0. The van der Waals surface area contributed by atoms with Crippen LogP contribution >= 0.6 is 0 Å². The highest BCUT2D eigenvalue weighted by Crippen LogP contribution is 2.23. The van der Waals surface area contributed by atoms with Gasteiger partial charge in [-0.05, 0) is 55.7 Å². The predicted octanol–water partition coefficient (Wildman–Crippen LogP) is 7.95. The Hall–Kier alpha value is -2.48. The molecule has 0 atom stereocenters. The van der Waals surface area contributed by atoms with E-state index in [-0.39, 0.29) is 0 Å². The number of allylic oxidation sites excluding steroid dienone is 2. The third-order valence-electron chi connectivity index (χ3n) is 5.63. The van der Waals surface area contributed by atoms with Gasteiger partial charge in [0.1, 0.15) is 6.29 Å². The Morgan fingerprint density at radius 3 is 1.94 bits per heavy atom. The van der Waals surface area contributed by atoms with E-state index in [1.54, 1.807) is 0 Å². The molecule has 2 aromatic rings. The fourth-order valence-electron chi connectivity index (χ4n) is 3.85. The van der Waals surface area contributed by atoms with Crippen molar-refractivity contribution in [2.24, 2.45) is 5.92 Å². The molecule has 0 spiro atoms. The lowest BCUT2D eigenvalue weighted by Crippen LogP contribution is -2.10. The highest BCUT2D eigenvalue weighted by Gasteiger charge is 2.17. The van der Waals surface area contributed by atoms with Crippen LogP contribution < -0.4 is 0 Å². The Kier molecular flexibility index (Phi) is 16.6. The van der Waals surface area contributed by atoms with Gasteiger partial charge in [0.15, 0.2) is 5.78 Å². The summed E-state index contributed by atoms with van der Waals surface area (Å²) in [5.41, 5.74) is 2.49. The standard InChI is InChI=1S/C20H28O.C8H8O.C2H6/c21-20(19-15-9-2-3-10-16-19)17-11-4-1-6-12-18-13-7-5-8-14-18;9-7-6-8-4-2-1-3-5-8;1-2/h5,7-8,11,13-14,17,19H,1-4,6,9-10,12,15-16H2;1-5,7H,6H2;1-2H3/b17-11-;;. The average Bonchev–Trinajstić information content (AvgIpc) is 3.14. The number of unbranched alkanes of at least 4 members (excludes halogenated alkanes) is 2. The summed E-state index contributed by atoms with van der Waals surface area (Å²) in [5.74, 6) is 0.688. The Bertz CT molecular complexity index is 726. The lowest BCUT2D eigenvalue weighted by molar-refractivity contribution is -0.118. The molecule has 0 amide bonds. The van der Waals surface area contributed by atoms with Crippen molar-refractivity contribution in [1.82, 2.24) is 0 Å². The van der Waals surface area contributed by atoms with Crippen LogP contribution in [-0.2, 0) is 22.4 Å². The van der Waals surface area contributed by atoms with E-state index >= 15 is 0 Å². The van der Waals surface area contributed by atoms with Gasteiger partial charge in [0.05, 0.1) is 0 Å². The molecule has 1 aliphatic carbocycles. The zero-order chi connectivity index (χ0) is 23.3. The smallest absolute Gasteiger partial charge is 0.158 e. The van der Waals surface area contributed by atoms with Crippen molar-refractivity contribution in [1.29, 1.82) is 0 Å². The summed E-state index contributed by atoms with van der Waals surface area (Å²) in [4.78, 5) is 22.1. The van der Waals surface area contributed by atoms with Crippen LogP contribution in [0.1, 0.15) is 82.8 Å². The van der Waals surface area contributed by atoms with Crippen LogP contribution in [0.25, 0.3) is 0 Å². The normalized spacial score (nSPS) is 13.8. The quantitative estimate of drug-likeness (QED) is 0.174. The van der Waals surface area contributed by atoms with E-state index in [0.29, 0.717) is 18.1 Å². The zero-order valence-electron chi connectivity index (χ0n) is 20.2. The Balaban J connectivity index is 0.000000388. The molecule has 0 aliphatic heterocycles. The van der Waals surface area contributed by atoms with Gasteiger partial charge in [-0.25, -0.2) is 0 Å². The monoisotopic (exact) mass is 434 g/mol. The summed E-state index contributed by atoms with van der Waals surface area (Å²) in [7, 11) is 0. The van der Waals surface area contributed by atoms with Crippen LogP contribution in [0.4, 0.5) is 0 Å². The number of aldehydes is 1. The Labute approximate surface area is 196 Å². The van der Waals surface area contributed by atoms with E-state index in [4.69, 9.17) is 0 Å². The van der Waals surface area contributed by atoms with Crippen LogP contribution in [-0.4, -0.2) is 12.1 Å². The van der Waals surface area contributed by atoms with Crippen molar-refractivity contribution in [3.8, 4) is 0 Å². The number of benzene rings is 2. The van der Waals surface area contributed by atoms with Gasteiger partial charge in [-0.15, -0.1) is 0 Å². The van der Waals surface area contributed by atoms with E-state index < -0.39 is 0 Å². The first-order valence-corrected chi connectivity index (χ1v) is 12.5. The van der Waals surface area contributed by atoms with Crippen molar-refractivity contribution < 1.29 is 9.59 Å². The predicted molar refractivity (Wildman–Crippen MR) is 137 cm³/mol. The van der Waals surface area contributed by atoms with Crippen molar-refractivity contribution in [3.05, 3.63) is 83.9 Å². The number of hydrogen-bond acceptors (Lipinski definition) is 2. The minimum atomic E-state index is 0.313. The second kappa shape index (κ2) is 19.2. The fraction of sp³-hybridized carbons (Fsp3) is 0.467. The third-order valence-corrected chi connectivity index (χ3v) is 5.63. The molecule has 0 aromatic heterocycles. The second-order valence-corrected chi connectivity index (χ2v) is 8.08. The van der Waals surface area contributed by atoms with E-state index in [0.717, 1.165) is 37.5 Å². The molecule has 174 valence electrons. The van der Waals surface area contributed by atoms with Gasteiger partial charge in [-0.2, -0.15) is 0 Å². The molecule has 2 heteroatoms. The van der Waals surface area contributed by atoms with Gasteiger partial charge in [-0.1, -0.05) is 106 Å². The van der Waals surface area contributed by atoms with Gasteiger partial charge in [0.2, 0.25) is 0 Å². The maximum absolute atomic E-state index is 12.1. The van der Waals surface area contributed by atoms with Gasteiger partial charge >= 0.3 is 0 Å². The van der Waals surface area contributed by atoms with E-state index in [1.165, 1.54) is 44.1 Å². The van der Waals surface area contributed by atoms with Crippen molar-refractivity contribution >= 4 is 12.1 Å². The number of carbonyl (C=O) groups excluding carboxylic acids is 2. The van der Waals surface area contributed by atoms with E-state index in [1.807, 2.05) is 50.3 Å². The Morgan fingerprint density at radius 2 is 1.38 bits per heavy atom. The van der Waals surface area contributed by atoms with E-state index in [2.05, 4.69) is 36.4 Å². The second-order valence-electron chi connectivity index (χ2n) is 8.08. The first-order chi connectivity index (χ1) is 15.8. The molecule has 0 heterocycles. The first-order valence-electron chi connectivity index (χ1n) is 12.5. The van der Waals surface area contributed by atoms with Crippen LogP contribution in [0.2, 0.25) is 0 Å². The maximum atomic E-state index is 12.1. The number of ketones is 1. The minimum absolute atomic E-state index is 0.313. The zero-order valence-corrected chi connectivity index (χ0v) is 20.2. The number of rotatable bonds is 9. The first kappa shape index (κ1) is 27.6. The van der Waals surface area contributed by atoms with Crippen LogP contribution in [0, 0.1) is 5.92 Å². The molecule has 1 aliphatic rings. The summed E-state index contributed by atoms with van der Waals surface area (Å²) in [5, 5.41) is 0. The van der Waals surface area contributed by atoms with Crippen LogP contribution in [0.3, 0.4) is 0 Å². The fourth-order valence-corrected chi connectivity index (χ4v) is 3.85. The number of aryl methyl sites for hydroxylation is 1. The van der Waals surface area contributed by atoms with Gasteiger partial charge < -0.3 is 4.79 Å². The van der Waals surface area contributed by atoms with Gasteiger partial charge in [0.25, 0.3) is 0 Å². The molecule has 0 saturated heterocycles. The molecule has 0 bridgehead atoms. The largest absolute Gasteiger partial charge is 0.303 e. The molecule has 32 heavy (non-hydrogen) atoms. The van der Waals surface area contributed by atoms with Gasteiger partial charge in [-0.3, -0.25) is 4.79 Å². The molecule has 0 radical (unpaired) electrons. The lowest BCUT2D eigenvalue weighted by Gasteiger charge is -2.09. The van der Waals surface area contributed by atoms with Crippen molar-refractivity contribution in [2.45, 2.75) is 84.5 Å². The summed E-state index contributed by atoms with van der Waals surface area (Å²) in [6.07, 6.45) is 17.3. The van der Waals surface area contributed by atoms with Gasteiger partial charge in [0, 0.05) is 12.3 Å². The molecule has 1 fully saturated rings. The average molecular weight is 435 g/mol. The highest BCUT2D eigenvalue weighted by atomic mass is 16.1. The topological polar surface area (TPSA) is 34.1 Å². The van der Waals surface area contributed by atoms with Crippen molar-refractivity contribution in [2.75, 3.05) is 0 Å². The molecular formula is C30H42O2. The summed E-state index contributed by atoms with van der Waals surface area (Å²) in [6, 6.07) is 20.3. The Morgan fingerprint density at radius 1 is 0.812 bits per heavy atom. The summed E-state index contributed by atoms with van der Waals surface area (Å²) >= 11 is 0. The molecule has 1 saturated carbocycles. The lowest BCUT2D eigenvalue weighted by atomic mass is 9.95. The SMILES string of the molecule is CC.O=C(/C=C\CCCCc1ccccc1)C1CCCCCC1.O=CCc1ccccc1. The summed E-state index contributed by atoms with van der Waals surface area (Å²) in [6.45, 7) is 4.00. The minimum Gasteiger partial charge on any atom is -0.303 e. The maximum Gasteiger partial charge on any atom is 0.158 e. The molecule has 3 rings (SSSR count). The molecule has 2 nitrogen and oxygen atoms in total. The number of hydrogen-bond donors (Lipinski definition) is 0.